The third kappa shape index (κ3) is 3.12. The van der Waals surface area contributed by atoms with Crippen molar-refractivity contribution in [3.8, 4) is 5.75 Å². The van der Waals surface area contributed by atoms with Crippen molar-refractivity contribution < 1.29 is 14.6 Å². The first-order valence-corrected chi connectivity index (χ1v) is 9.88. The first-order chi connectivity index (χ1) is 12.0. The van der Waals surface area contributed by atoms with E-state index in [-0.39, 0.29) is 17.1 Å². The van der Waals surface area contributed by atoms with Gasteiger partial charge in [-0.05, 0) is 74.5 Å². The minimum atomic E-state index is -0.468. The Bertz CT molecular complexity index is 680. The summed E-state index contributed by atoms with van der Waals surface area (Å²) in [5, 5.41) is 10.0. The Labute approximate surface area is 156 Å². The number of halogens is 1. The molecule has 4 fully saturated rings. The zero-order chi connectivity index (χ0) is 17.6. The molecule has 0 heterocycles. The van der Waals surface area contributed by atoms with Crippen molar-refractivity contribution >= 4 is 28.1 Å². The zero-order valence-electron chi connectivity index (χ0n) is 14.5. The van der Waals surface area contributed by atoms with E-state index in [9.17, 15) is 9.90 Å². The van der Waals surface area contributed by atoms with Crippen LogP contribution in [0.15, 0.2) is 27.7 Å². The molecule has 1 aromatic rings. The Kier molecular flexibility index (Phi) is 4.38. The zero-order valence-corrected chi connectivity index (χ0v) is 16.0. The summed E-state index contributed by atoms with van der Waals surface area (Å²) in [5.74, 6) is 2.16. The predicted molar refractivity (Wildman–Crippen MR) is 99.8 cm³/mol. The van der Waals surface area contributed by atoms with Gasteiger partial charge in [0.15, 0.2) is 6.04 Å². The van der Waals surface area contributed by atoms with Crippen LogP contribution in [0, 0.1) is 23.2 Å². The lowest BCUT2D eigenvalue weighted by atomic mass is 9.47. The maximum atomic E-state index is 12.6. The highest BCUT2D eigenvalue weighted by molar-refractivity contribution is 9.10. The quantitative estimate of drug-likeness (QED) is 0.598. The van der Waals surface area contributed by atoms with Gasteiger partial charge in [-0.2, -0.15) is 0 Å². The number of carbonyl (C=O) groups is 1. The molecule has 1 N–H and O–H groups in total. The second-order valence-corrected chi connectivity index (χ2v) is 9.10. The van der Waals surface area contributed by atoms with Crippen LogP contribution in [0.1, 0.15) is 44.1 Å². The summed E-state index contributed by atoms with van der Waals surface area (Å²) in [7, 11) is 1.45. The van der Waals surface area contributed by atoms with Crippen LogP contribution < -0.4 is 0 Å². The molecule has 25 heavy (non-hydrogen) atoms. The molecule has 0 radical (unpaired) electrons. The van der Waals surface area contributed by atoms with Gasteiger partial charge in [-0.1, -0.05) is 15.9 Å². The lowest BCUT2D eigenvalue weighted by Crippen LogP contribution is -2.53. The average Bonchev–Trinajstić information content (AvgIpc) is 2.56. The van der Waals surface area contributed by atoms with E-state index in [0.717, 1.165) is 41.5 Å². The van der Waals surface area contributed by atoms with Crippen LogP contribution in [0.5, 0.6) is 5.75 Å². The van der Waals surface area contributed by atoms with Gasteiger partial charge >= 0.3 is 5.97 Å². The van der Waals surface area contributed by atoms with Gasteiger partial charge in [0.05, 0.1) is 7.11 Å². The summed E-state index contributed by atoms with van der Waals surface area (Å²) in [5.41, 5.74) is 0.563. The number of aliphatic imine (C=N–C) groups is 1. The van der Waals surface area contributed by atoms with E-state index in [1.807, 2.05) is 6.07 Å². The maximum Gasteiger partial charge on any atom is 0.331 e. The molecular formula is C20H24BrNO3. The van der Waals surface area contributed by atoms with Gasteiger partial charge in [0, 0.05) is 21.7 Å². The standard InChI is InChI=1S/C20H24BrNO3/c1-25-19(24)18(22-11-15-7-16(21)2-3-17(15)23)20-8-12-4-13(9-20)6-14(5-12)10-20/h2-3,7,11-14,18,23H,4-6,8-10H2,1H3. The van der Waals surface area contributed by atoms with E-state index < -0.39 is 6.04 Å². The van der Waals surface area contributed by atoms with Gasteiger partial charge in [-0.25, -0.2) is 4.79 Å². The Morgan fingerprint density at radius 1 is 1.28 bits per heavy atom. The number of methoxy groups -OCH3 is 1. The number of phenols is 1. The molecule has 1 aromatic carbocycles. The second-order valence-electron chi connectivity index (χ2n) is 8.19. The molecule has 0 saturated heterocycles. The summed E-state index contributed by atoms with van der Waals surface area (Å²) in [6.45, 7) is 0. The van der Waals surface area contributed by atoms with Gasteiger partial charge < -0.3 is 9.84 Å². The highest BCUT2D eigenvalue weighted by Gasteiger charge is 2.56. The van der Waals surface area contributed by atoms with Gasteiger partial charge in [0.1, 0.15) is 5.75 Å². The molecule has 0 spiro atoms. The molecule has 4 nitrogen and oxygen atoms in total. The number of hydrogen-bond acceptors (Lipinski definition) is 4. The minimum Gasteiger partial charge on any atom is -0.507 e. The SMILES string of the molecule is COC(=O)C(N=Cc1cc(Br)ccc1O)C12CC3CC(CC(C3)C1)C2. The molecule has 0 aliphatic heterocycles. The number of esters is 1. The van der Waals surface area contributed by atoms with Crippen molar-refractivity contribution in [3.05, 3.63) is 28.2 Å². The normalized spacial score (nSPS) is 34.4. The Hall–Kier alpha value is -1.36. The van der Waals surface area contributed by atoms with Crippen LogP contribution in [-0.2, 0) is 9.53 Å². The summed E-state index contributed by atoms with van der Waals surface area (Å²) in [6.07, 6.45) is 8.86. The summed E-state index contributed by atoms with van der Waals surface area (Å²) < 4.78 is 5.99. The smallest absolute Gasteiger partial charge is 0.331 e. The maximum absolute atomic E-state index is 12.6. The molecule has 5 heteroatoms. The van der Waals surface area contributed by atoms with Crippen molar-refractivity contribution in [1.82, 2.24) is 0 Å². The molecule has 0 aromatic heterocycles. The molecule has 1 unspecified atom stereocenters. The van der Waals surface area contributed by atoms with E-state index >= 15 is 0 Å². The topological polar surface area (TPSA) is 58.9 Å². The fourth-order valence-electron chi connectivity index (χ4n) is 5.88. The van der Waals surface area contributed by atoms with Gasteiger partial charge in [-0.15, -0.1) is 0 Å². The van der Waals surface area contributed by atoms with Gasteiger partial charge in [0.25, 0.3) is 0 Å². The van der Waals surface area contributed by atoms with E-state index in [2.05, 4.69) is 20.9 Å². The van der Waals surface area contributed by atoms with E-state index in [1.54, 1.807) is 18.3 Å². The lowest BCUT2D eigenvalue weighted by molar-refractivity contribution is -0.152. The number of nitrogens with zero attached hydrogens (tertiary/aromatic N) is 1. The summed E-state index contributed by atoms with van der Waals surface area (Å²) >= 11 is 3.41. The van der Waals surface area contributed by atoms with Crippen molar-refractivity contribution in [3.63, 3.8) is 0 Å². The first-order valence-electron chi connectivity index (χ1n) is 9.08. The predicted octanol–water partition coefficient (Wildman–Crippen LogP) is 4.33. The average molecular weight is 406 g/mol. The van der Waals surface area contributed by atoms with E-state index in [1.165, 1.54) is 26.4 Å². The number of aromatic hydroxyl groups is 1. The molecule has 0 amide bonds. The van der Waals surface area contributed by atoms with Crippen LogP contribution in [0.3, 0.4) is 0 Å². The first kappa shape index (κ1) is 17.1. The molecule has 4 saturated carbocycles. The number of ether oxygens (including phenoxy) is 1. The van der Waals surface area contributed by atoms with Crippen molar-refractivity contribution in [2.45, 2.75) is 44.6 Å². The van der Waals surface area contributed by atoms with E-state index in [4.69, 9.17) is 4.74 Å². The lowest BCUT2D eigenvalue weighted by Gasteiger charge is -2.58. The molecule has 4 bridgehead atoms. The monoisotopic (exact) mass is 405 g/mol. The Morgan fingerprint density at radius 2 is 1.88 bits per heavy atom. The molecule has 4 aliphatic carbocycles. The van der Waals surface area contributed by atoms with Crippen LogP contribution in [-0.4, -0.2) is 30.4 Å². The molecule has 134 valence electrons. The summed E-state index contributed by atoms with van der Waals surface area (Å²) in [4.78, 5) is 17.3. The van der Waals surface area contributed by atoms with Crippen LogP contribution in [0.25, 0.3) is 0 Å². The molecular weight excluding hydrogens is 382 g/mol. The fraction of sp³-hybridized carbons (Fsp3) is 0.600. The molecule has 1 atom stereocenters. The number of benzene rings is 1. The number of phenolic OH excluding ortho intramolecular Hbond substituents is 1. The van der Waals surface area contributed by atoms with Crippen molar-refractivity contribution in [2.24, 2.45) is 28.2 Å². The van der Waals surface area contributed by atoms with Gasteiger partial charge in [0.2, 0.25) is 0 Å². The van der Waals surface area contributed by atoms with E-state index in [0.29, 0.717) is 5.56 Å². The third-order valence-electron chi connectivity index (χ3n) is 6.44. The van der Waals surface area contributed by atoms with Crippen LogP contribution in [0.2, 0.25) is 0 Å². The minimum absolute atomic E-state index is 0.0556. The van der Waals surface area contributed by atoms with Crippen LogP contribution >= 0.6 is 15.9 Å². The molecule has 4 aliphatic rings. The summed E-state index contributed by atoms with van der Waals surface area (Å²) in [6, 6.07) is 4.75. The second kappa shape index (κ2) is 6.42. The number of carbonyl (C=O) groups excluding carboxylic acids is 1. The molecule has 5 rings (SSSR count). The largest absolute Gasteiger partial charge is 0.507 e. The number of hydrogen-bond donors (Lipinski definition) is 1. The Morgan fingerprint density at radius 3 is 2.44 bits per heavy atom. The fourth-order valence-corrected chi connectivity index (χ4v) is 6.26. The van der Waals surface area contributed by atoms with Gasteiger partial charge in [-0.3, -0.25) is 4.99 Å². The highest BCUT2D eigenvalue weighted by atomic mass is 79.9. The highest BCUT2D eigenvalue weighted by Crippen LogP contribution is 2.61. The van der Waals surface area contributed by atoms with Crippen molar-refractivity contribution in [2.75, 3.05) is 7.11 Å². The number of rotatable bonds is 4. The Balaban J connectivity index is 1.66. The van der Waals surface area contributed by atoms with Crippen LogP contribution in [0.4, 0.5) is 0 Å². The third-order valence-corrected chi connectivity index (χ3v) is 6.94. The van der Waals surface area contributed by atoms with Crippen molar-refractivity contribution in [1.29, 1.82) is 0 Å².